The Kier molecular flexibility index (Phi) is 9.32. The molecule has 2 unspecified atom stereocenters. The molecule has 0 aromatic carbocycles. The fraction of sp³-hybridized carbons (Fsp3) is 0.680. The Labute approximate surface area is 207 Å². The number of nitrogens with one attached hydrogen (secondary N) is 2. The van der Waals surface area contributed by atoms with E-state index in [1.54, 1.807) is 26.8 Å². The Bertz CT molecular complexity index is 872. The number of nitrogens with zero attached hydrogens (tertiary/aromatic N) is 1. The van der Waals surface area contributed by atoms with Crippen molar-refractivity contribution < 1.29 is 29.0 Å². The zero-order valence-corrected chi connectivity index (χ0v) is 21.0. The Morgan fingerprint density at radius 2 is 1.91 bits per heavy atom. The second-order valence-corrected chi connectivity index (χ2v) is 10.4. The van der Waals surface area contributed by atoms with E-state index in [1.807, 2.05) is 6.92 Å². The fourth-order valence-electron chi connectivity index (χ4n) is 4.51. The summed E-state index contributed by atoms with van der Waals surface area (Å²) in [6.45, 7) is 10.8. The first-order valence-corrected chi connectivity index (χ1v) is 12.0. The van der Waals surface area contributed by atoms with Crippen molar-refractivity contribution >= 4 is 23.8 Å². The van der Waals surface area contributed by atoms with Gasteiger partial charge in [0.15, 0.2) is 12.1 Å². The van der Waals surface area contributed by atoms with Crippen molar-refractivity contribution in [2.24, 2.45) is 23.5 Å². The van der Waals surface area contributed by atoms with Gasteiger partial charge in [0.05, 0.1) is 6.04 Å². The van der Waals surface area contributed by atoms with Crippen LogP contribution in [0.4, 0.5) is 4.79 Å². The number of rotatable bonds is 9. The molecule has 1 aliphatic heterocycles. The van der Waals surface area contributed by atoms with E-state index in [2.05, 4.69) is 23.1 Å². The van der Waals surface area contributed by atoms with Crippen LogP contribution in [0.2, 0.25) is 0 Å². The molecular weight excluding hydrogens is 452 g/mol. The molecule has 1 heterocycles. The maximum atomic E-state index is 13.4. The zero-order valence-electron chi connectivity index (χ0n) is 21.0. The number of likely N-dealkylation sites (tertiary alicyclic amines) is 1. The molecule has 4 amide bonds. The van der Waals surface area contributed by atoms with E-state index in [0.717, 1.165) is 19.3 Å². The number of alkyl carbamates (subject to hydrolysis) is 1. The zero-order chi connectivity index (χ0) is 26.5. The summed E-state index contributed by atoms with van der Waals surface area (Å²) in [5.74, 6) is -0.106. The summed E-state index contributed by atoms with van der Waals surface area (Å²) in [6, 6.07) is -3.18. The summed E-state index contributed by atoms with van der Waals surface area (Å²) in [7, 11) is 0. The summed E-state index contributed by atoms with van der Waals surface area (Å²) in [5.41, 5.74) is 4.51. The van der Waals surface area contributed by atoms with Gasteiger partial charge >= 0.3 is 6.09 Å². The van der Waals surface area contributed by atoms with Gasteiger partial charge in [0.25, 0.3) is 5.91 Å². The van der Waals surface area contributed by atoms with Crippen molar-refractivity contribution in [2.75, 3.05) is 6.54 Å². The van der Waals surface area contributed by atoms with E-state index in [1.165, 1.54) is 4.90 Å². The van der Waals surface area contributed by atoms with Crippen LogP contribution >= 0.6 is 0 Å². The number of ether oxygens (including phenoxy) is 1. The minimum atomic E-state index is -1.55. The molecule has 1 saturated heterocycles. The molecule has 1 saturated carbocycles. The van der Waals surface area contributed by atoms with Crippen molar-refractivity contribution in [1.82, 2.24) is 15.5 Å². The number of nitrogens with two attached hydrogens (primary N) is 1. The van der Waals surface area contributed by atoms with E-state index in [0.29, 0.717) is 6.42 Å². The summed E-state index contributed by atoms with van der Waals surface area (Å²) in [6.07, 6.45) is 8.14. The summed E-state index contributed by atoms with van der Waals surface area (Å²) in [5, 5.41) is 15.5. The van der Waals surface area contributed by atoms with Crippen molar-refractivity contribution in [3.63, 3.8) is 0 Å². The third-order valence-corrected chi connectivity index (χ3v) is 6.66. The molecule has 35 heavy (non-hydrogen) atoms. The molecule has 6 atom stereocenters. The van der Waals surface area contributed by atoms with Crippen LogP contribution in [0.3, 0.4) is 0 Å². The number of hydrogen-bond donors (Lipinski definition) is 4. The number of primary amides is 1. The van der Waals surface area contributed by atoms with Gasteiger partial charge in [-0.25, -0.2) is 4.79 Å². The number of amides is 4. The van der Waals surface area contributed by atoms with Gasteiger partial charge in [-0.3, -0.25) is 19.7 Å². The molecule has 5 N–H and O–H groups in total. The van der Waals surface area contributed by atoms with Gasteiger partial charge in [-0.15, -0.1) is 13.0 Å². The normalized spacial score (nSPS) is 24.8. The average molecular weight is 491 g/mol. The molecule has 0 spiro atoms. The van der Waals surface area contributed by atoms with Gasteiger partial charge in [0.1, 0.15) is 11.6 Å². The smallest absolute Gasteiger partial charge is 0.409 e. The van der Waals surface area contributed by atoms with E-state index in [9.17, 15) is 24.3 Å². The quantitative estimate of drug-likeness (QED) is 0.276. The van der Waals surface area contributed by atoms with Crippen molar-refractivity contribution in [3.8, 4) is 12.3 Å². The van der Waals surface area contributed by atoms with Crippen molar-refractivity contribution in [1.29, 1.82) is 0 Å². The topological polar surface area (TPSA) is 151 Å². The lowest BCUT2D eigenvalue weighted by atomic mass is 9.79. The van der Waals surface area contributed by atoms with E-state index < -0.39 is 53.6 Å². The van der Waals surface area contributed by atoms with Crippen LogP contribution in [-0.4, -0.2) is 70.2 Å². The van der Waals surface area contributed by atoms with Crippen molar-refractivity contribution in [2.45, 2.75) is 83.2 Å². The molecule has 194 valence electrons. The first kappa shape index (κ1) is 28.2. The van der Waals surface area contributed by atoms with E-state index >= 15 is 0 Å². The second-order valence-electron chi connectivity index (χ2n) is 10.4. The van der Waals surface area contributed by atoms with E-state index in [4.69, 9.17) is 16.9 Å². The summed E-state index contributed by atoms with van der Waals surface area (Å²) in [4.78, 5) is 51.9. The third kappa shape index (κ3) is 7.21. The van der Waals surface area contributed by atoms with Gasteiger partial charge in [-0.2, -0.15) is 0 Å². The largest absolute Gasteiger partial charge is 0.444 e. The van der Waals surface area contributed by atoms with Crippen LogP contribution in [0, 0.1) is 30.1 Å². The number of aliphatic hydroxyl groups excluding tert-OH is 1. The van der Waals surface area contributed by atoms with Gasteiger partial charge in [0, 0.05) is 6.54 Å². The van der Waals surface area contributed by atoms with Gasteiger partial charge in [0.2, 0.25) is 11.8 Å². The number of terminal acetylenes is 1. The van der Waals surface area contributed by atoms with Gasteiger partial charge in [-0.05, 0) is 44.9 Å². The lowest BCUT2D eigenvalue weighted by molar-refractivity contribution is -0.141. The average Bonchev–Trinajstić information content (AvgIpc) is 3.07. The maximum absolute atomic E-state index is 13.4. The Hall–Kier alpha value is -3.06. The van der Waals surface area contributed by atoms with Crippen LogP contribution in [0.15, 0.2) is 12.7 Å². The molecule has 10 heteroatoms. The minimum absolute atomic E-state index is 0.168. The number of hydrogen-bond acceptors (Lipinski definition) is 6. The molecular formula is C25H38N4O6. The first-order valence-electron chi connectivity index (χ1n) is 12.0. The van der Waals surface area contributed by atoms with Crippen LogP contribution in [0.5, 0.6) is 0 Å². The molecule has 10 nitrogen and oxygen atoms in total. The Morgan fingerprint density at radius 3 is 2.37 bits per heavy atom. The predicted molar refractivity (Wildman–Crippen MR) is 129 cm³/mol. The second kappa shape index (κ2) is 11.6. The molecule has 2 fully saturated rings. The Morgan fingerprint density at radius 1 is 1.29 bits per heavy atom. The van der Waals surface area contributed by atoms with Gasteiger partial charge < -0.3 is 25.8 Å². The minimum Gasteiger partial charge on any atom is -0.444 e. The van der Waals surface area contributed by atoms with Crippen LogP contribution in [0.1, 0.15) is 53.4 Å². The molecule has 1 aliphatic carbocycles. The van der Waals surface area contributed by atoms with Crippen LogP contribution in [0.25, 0.3) is 0 Å². The number of carbonyl (C=O) groups excluding carboxylic acids is 4. The summed E-state index contributed by atoms with van der Waals surface area (Å²) >= 11 is 0. The highest BCUT2D eigenvalue weighted by molar-refractivity contribution is 5.94. The molecule has 2 aliphatic rings. The standard InChI is InChI=1S/C25H38N4O6/c1-7-16-13-29(23(33)17(8-2)28-24(34)35-25(4,5)6)19(14(16)3)22(32)27-18(20(30)21(26)31)12-15-10-9-11-15/h2,7,14-20,30H,1,9-13H2,3-6H3,(H2,26,31)(H,27,32)(H,28,34)/t14-,16-,17-,18?,19-,20?/m0/s1. The number of carbonyl (C=O) groups is 4. The monoisotopic (exact) mass is 490 g/mol. The summed E-state index contributed by atoms with van der Waals surface area (Å²) < 4.78 is 5.19. The molecule has 0 radical (unpaired) electrons. The van der Waals surface area contributed by atoms with Crippen LogP contribution < -0.4 is 16.4 Å². The highest BCUT2D eigenvalue weighted by atomic mass is 16.6. The molecule has 0 bridgehead atoms. The Balaban J connectivity index is 2.23. The predicted octanol–water partition coefficient (Wildman–Crippen LogP) is 0.683. The van der Waals surface area contributed by atoms with Gasteiger partial charge in [-0.1, -0.05) is 38.2 Å². The highest BCUT2D eigenvalue weighted by Crippen LogP contribution is 2.33. The third-order valence-electron chi connectivity index (χ3n) is 6.66. The fourth-order valence-corrected chi connectivity index (χ4v) is 4.51. The van der Waals surface area contributed by atoms with E-state index in [-0.39, 0.29) is 24.3 Å². The van der Waals surface area contributed by atoms with Crippen molar-refractivity contribution in [3.05, 3.63) is 12.7 Å². The molecule has 0 aromatic rings. The first-order chi connectivity index (χ1) is 16.3. The maximum Gasteiger partial charge on any atom is 0.409 e. The number of aliphatic hydroxyl groups is 1. The molecule has 2 rings (SSSR count). The lowest BCUT2D eigenvalue weighted by Crippen LogP contribution is -2.58. The highest BCUT2D eigenvalue weighted by Gasteiger charge is 2.47. The van der Waals surface area contributed by atoms with Crippen LogP contribution in [-0.2, 0) is 19.1 Å². The SMILES string of the molecule is C#C[C@H](NC(=O)OC(C)(C)C)C(=O)N1C[C@H](C=C)[C@H](C)[C@H]1C(=O)NC(CC1CCC1)C(O)C(N)=O. The lowest BCUT2D eigenvalue weighted by Gasteiger charge is -2.34. The molecule has 0 aromatic heterocycles.